The molecule has 105 valence electrons. The predicted molar refractivity (Wildman–Crippen MR) is 72.3 cm³/mol. The van der Waals surface area contributed by atoms with Gasteiger partial charge in [-0.3, -0.25) is 4.79 Å². The van der Waals surface area contributed by atoms with Crippen LogP contribution in [0.4, 0.5) is 4.79 Å². The van der Waals surface area contributed by atoms with Gasteiger partial charge in [0.15, 0.2) is 0 Å². The molecule has 0 heterocycles. The van der Waals surface area contributed by atoms with Gasteiger partial charge >= 0.3 is 6.09 Å². The summed E-state index contributed by atoms with van der Waals surface area (Å²) < 4.78 is 5.08. The van der Waals surface area contributed by atoms with E-state index >= 15 is 0 Å². The lowest BCUT2D eigenvalue weighted by molar-refractivity contribution is -0.119. The second kappa shape index (κ2) is 8.95. The Kier molecular flexibility index (Phi) is 8.42. The highest BCUT2D eigenvalue weighted by molar-refractivity contribution is 5.78. The number of Topliss-reactive ketones (excluding diaryl/α,β-unsaturated/α-hetero) is 1. The van der Waals surface area contributed by atoms with Crippen LogP contribution in [-0.2, 0) is 9.53 Å². The molecule has 0 saturated heterocycles. The Bertz CT molecular complexity index is 256. The maximum absolute atomic E-state index is 11.4. The number of carbonyl (C=O) groups excluding carboxylic acids is 2. The Morgan fingerprint density at radius 2 is 1.72 bits per heavy atom. The number of carbonyl (C=O) groups is 2. The van der Waals surface area contributed by atoms with Crippen molar-refractivity contribution in [2.45, 2.75) is 64.9 Å². The number of hydrogen-bond donors (Lipinski definition) is 1. The summed E-state index contributed by atoms with van der Waals surface area (Å²) in [5, 5.41) is 2.64. The normalized spacial score (nSPS) is 11.1. The van der Waals surface area contributed by atoms with E-state index in [1.54, 1.807) is 0 Å². The molecule has 0 aliphatic carbocycles. The largest absolute Gasteiger partial charge is 0.444 e. The lowest BCUT2D eigenvalue weighted by Gasteiger charge is -2.19. The van der Waals surface area contributed by atoms with Crippen molar-refractivity contribution in [1.29, 1.82) is 0 Å². The van der Waals surface area contributed by atoms with Crippen LogP contribution in [0.15, 0.2) is 0 Å². The second-order valence-corrected chi connectivity index (χ2v) is 5.38. The number of ketones is 1. The minimum absolute atomic E-state index is 0.259. The van der Waals surface area contributed by atoms with Crippen molar-refractivity contribution < 1.29 is 14.3 Å². The van der Waals surface area contributed by atoms with Crippen LogP contribution in [0.1, 0.15) is 59.3 Å². The number of rotatable bonds is 8. The third kappa shape index (κ3) is 11.4. The van der Waals surface area contributed by atoms with Crippen LogP contribution in [-0.4, -0.2) is 24.0 Å². The van der Waals surface area contributed by atoms with E-state index in [1.165, 1.54) is 0 Å². The van der Waals surface area contributed by atoms with Crippen molar-refractivity contribution in [1.82, 2.24) is 5.32 Å². The number of ether oxygens (including phenoxy) is 1. The zero-order valence-corrected chi connectivity index (χ0v) is 11.9. The highest BCUT2D eigenvalue weighted by atomic mass is 16.6. The highest BCUT2D eigenvalue weighted by Crippen LogP contribution is 2.06. The van der Waals surface area contributed by atoms with Gasteiger partial charge in [-0.25, -0.2) is 4.79 Å². The summed E-state index contributed by atoms with van der Waals surface area (Å²) in [6, 6.07) is 0. The van der Waals surface area contributed by atoms with E-state index < -0.39 is 11.7 Å². The molecule has 0 fully saturated rings. The quantitative estimate of drug-likeness (QED) is 0.678. The zero-order valence-electron chi connectivity index (χ0n) is 11.9. The first-order valence-electron chi connectivity index (χ1n) is 6.63. The van der Waals surface area contributed by atoms with Gasteiger partial charge in [-0.15, -0.1) is 0 Å². The maximum Gasteiger partial charge on any atom is 0.407 e. The molecule has 18 heavy (non-hydrogen) atoms. The second-order valence-electron chi connectivity index (χ2n) is 5.38. The van der Waals surface area contributed by atoms with E-state index in [0.717, 1.165) is 19.3 Å². The Morgan fingerprint density at radius 1 is 1.11 bits per heavy atom. The SMILES string of the molecule is [CH2]CCCCC(=O)CCCNC(=O)OC(C)(C)C. The molecule has 0 aliphatic rings. The van der Waals surface area contributed by atoms with Crippen LogP contribution in [0.2, 0.25) is 0 Å². The van der Waals surface area contributed by atoms with Crippen molar-refractivity contribution in [2.75, 3.05) is 6.54 Å². The summed E-state index contributed by atoms with van der Waals surface area (Å²) in [5.41, 5.74) is -0.478. The fourth-order valence-corrected chi connectivity index (χ4v) is 1.41. The van der Waals surface area contributed by atoms with Gasteiger partial charge in [-0.05, 0) is 33.6 Å². The number of unbranched alkanes of at least 4 members (excludes halogenated alkanes) is 2. The smallest absolute Gasteiger partial charge is 0.407 e. The average molecular weight is 256 g/mol. The lowest BCUT2D eigenvalue weighted by Crippen LogP contribution is -2.33. The molecule has 0 aromatic carbocycles. The van der Waals surface area contributed by atoms with Gasteiger partial charge in [0.2, 0.25) is 0 Å². The zero-order chi connectivity index (χ0) is 14.0. The van der Waals surface area contributed by atoms with Crippen molar-refractivity contribution in [3.63, 3.8) is 0 Å². The standard InChI is InChI=1S/C14H26NO3/c1-5-6-7-9-12(16)10-8-11-15-13(17)18-14(2,3)4/h1,5-11H2,2-4H3,(H,15,17). The van der Waals surface area contributed by atoms with Crippen molar-refractivity contribution in [3.8, 4) is 0 Å². The fraction of sp³-hybridized carbons (Fsp3) is 0.786. The van der Waals surface area contributed by atoms with Gasteiger partial charge in [0.1, 0.15) is 11.4 Å². The molecule has 4 nitrogen and oxygen atoms in total. The van der Waals surface area contributed by atoms with Gasteiger partial charge in [-0.1, -0.05) is 19.8 Å². The molecule has 0 aromatic rings. The number of amides is 1. The molecule has 0 saturated carbocycles. The van der Waals surface area contributed by atoms with E-state index in [0.29, 0.717) is 25.8 Å². The first kappa shape index (κ1) is 16.9. The van der Waals surface area contributed by atoms with E-state index in [9.17, 15) is 9.59 Å². The average Bonchev–Trinajstić information content (AvgIpc) is 2.22. The molecule has 0 unspecified atom stereocenters. The first-order valence-corrected chi connectivity index (χ1v) is 6.63. The third-order valence-corrected chi connectivity index (χ3v) is 2.26. The molecule has 0 rings (SSSR count). The monoisotopic (exact) mass is 256 g/mol. The molecule has 0 aromatic heterocycles. The third-order valence-electron chi connectivity index (χ3n) is 2.26. The Morgan fingerprint density at radius 3 is 2.28 bits per heavy atom. The Hall–Kier alpha value is -1.06. The summed E-state index contributed by atoms with van der Waals surface area (Å²) >= 11 is 0. The molecular weight excluding hydrogens is 230 g/mol. The maximum atomic E-state index is 11.4. The molecule has 1 amide bonds. The van der Waals surface area contributed by atoms with E-state index in [2.05, 4.69) is 12.2 Å². The van der Waals surface area contributed by atoms with Crippen LogP contribution in [0.5, 0.6) is 0 Å². The highest BCUT2D eigenvalue weighted by Gasteiger charge is 2.15. The van der Waals surface area contributed by atoms with E-state index in [4.69, 9.17) is 4.74 Å². The van der Waals surface area contributed by atoms with E-state index in [1.807, 2.05) is 20.8 Å². The fourth-order valence-electron chi connectivity index (χ4n) is 1.41. The summed E-state index contributed by atoms with van der Waals surface area (Å²) in [7, 11) is 0. The number of alkyl carbamates (subject to hydrolysis) is 1. The number of nitrogens with one attached hydrogen (secondary N) is 1. The molecule has 4 heteroatoms. The molecule has 0 atom stereocenters. The van der Waals surface area contributed by atoms with Crippen molar-refractivity contribution in [2.24, 2.45) is 0 Å². The van der Waals surface area contributed by atoms with Crippen molar-refractivity contribution in [3.05, 3.63) is 6.92 Å². The van der Waals surface area contributed by atoms with Gasteiger partial charge < -0.3 is 10.1 Å². The predicted octanol–water partition coefficient (Wildman–Crippen LogP) is 3.25. The molecule has 1 N–H and O–H groups in total. The summed E-state index contributed by atoms with van der Waals surface area (Å²) in [6.45, 7) is 9.67. The van der Waals surface area contributed by atoms with Gasteiger partial charge in [0.25, 0.3) is 0 Å². The molecule has 0 spiro atoms. The van der Waals surface area contributed by atoms with Gasteiger partial charge in [-0.2, -0.15) is 0 Å². The van der Waals surface area contributed by atoms with Crippen LogP contribution < -0.4 is 5.32 Å². The Balaban J connectivity index is 3.50. The molecule has 0 aliphatic heterocycles. The van der Waals surface area contributed by atoms with Crippen LogP contribution in [0, 0.1) is 6.92 Å². The van der Waals surface area contributed by atoms with Crippen molar-refractivity contribution >= 4 is 11.9 Å². The number of hydrogen-bond acceptors (Lipinski definition) is 3. The lowest BCUT2D eigenvalue weighted by atomic mass is 10.1. The minimum atomic E-state index is -0.478. The summed E-state index contributed by atoms with van der Waals surface area (Å²) in [6.07, 6.45) is 4.20. The van der Waals surface area contributed by atoms with Gasteiger partial charge in [0, 0.05) is 19.4 Å². The van der Waals surface area contributed by atoms with Crippen LogP contribution >= 0.6 is 0 Å². The van der Waals surface area contributed by atoms with Gasteiger partial charge in [0.05, 0.1) is 0 Å². The van der Waals surface area contributed by atoms with E-state index in [-0.39, 0.29) is 5.78 Å². The Labute approximate surface area is 110 Å². The molecule has 1 radical (unpaired) electrons. The molecule has 0 bridgehead atoms. The minimum Gasteiger partial charge on any atom is -0.444 e. The van der Waals surface area contributed by atoms with Crippen LogP contribution in [0.3, 0.4) is 0 Å². The summed E-state index contributed by atoms with van der Waals surface area (Å²) in [5.74, 6) is 0.259. The van der Waals surface area contributed by atoms with Crippen LogP contribution in [0.25, 0.3) is 0 Å². The summed E-state index contributed by atoms with van der Waals surface area (Å²) in [4.78, 5) is 22.7. The topological polar surface area (TPSA) is 55.4 Å². The first-order chi connectivity index (χ1) is 8.35. The molecular formula is C14H26NO3.